The molecule has 1 N–H and O–H groups in total. The van der Waals surface area contributed by atoms with Gasteiger partial charge in [0.2, 0.25) is 0 Å². The summed E-state index contributed by atoms with van der Waals surface area (Å²) in [6.45, 7) is 9.06. The van der Waals surface area contributed by atoms with Crippen molar-refractivity contribution in [2.45, 2.75) is 52.2 Å². The summed E-state index contributed by atoms with van der Waals surface area (Å²) in [5.41, 5.74) is 0.226. The molecule has 0 spiro atoms. The van der Waals surface area contributed by atoms with Gasteiger partial charge in [-0.25, -0.2) is 4.79 Å². The molecule has 0 heterocycles. The van der Waals surface area contributed by atoms with Crippen LogP contribution in [0.3, 0.4) is 0 Å². The van der Waals surface area contributed by atoms with Crippen LogP contribution in [0.5, 0.6) is 0 Å². The molecule has 0 radical (unpaired) electrons. The Bertz CT molecular complexity index is 473. The van der Waals surface area contributed by atoms with Gasteiger partial charge in [0.25, 0.3) is 0 Å². The van der Waals surface area contributed by atoms with E-state index in [1.165, 1.54) is 5.56 Å². The van der Waals surface area contributed by atoms with E-state index < -0.39 is 17.2 Å². The lowest BCUT2D eigenvalue weighted by Gasteiger charge is -2.28. The summed E-state index contributed by atoms with van der Waals surface area (Å²) < 4.78 is 5.19. The van der Waals surface area contributed by atoms with Crippen molar-refractivity contribution in [3.63, 3.8) is 0 Å². The number of benzene rings is 1. The minimum Gasteiger partial charge on any atom is -0.444 e. The van der Waals surface area contributed by atoms with Crippen LogP contribution in [0.1, 0.15) is 45.7 Å². The molecular weight excluding hydrogens is 254 g/mol. The van der Waals surface area contributed by atoms with E-state index in [-0.39, 0.29) is 0 Å². The van der Waals surface area contributed by atoms with E-state index in [1.807, 2.05) is 24.3 Å². The second-order valence-electron chi connectivity index (χ2n) is 6.00. The molecule has 20 heavy (non-hydrogen) atoms. The maximum Gasteiger partial charge on any atom is 0.408 e. The van der Waals surface area contributed by atoms with Gasteiger partial charge < -0.3 is 14.8 Å². The minimum atomic E-state index is -1.09. The molecule has 0 aliphatic heterocycles. The number of amides is 1. The molecule has 1 amide bonds. The van der Waals surface area contributed by atoms with E-state index in [0.29, 0.717) is 0 Å². The molecule has 0 saturated heterocycles. The zero-order valence-electron chi connectivity index (χ0n) is 12.8. The standard InChI is InChI=1S/C16H23NO3/c1-6-12-7-9-13(10-8-12)16(5,11-18)17-14(19)20-15(2,3)4/h7-11H,6H2,1-5H3,(H,17,19). The first-order chi connectivity index (χ1) is 9.20. The van der Waals surface area contributed by atoms with E-state index in [4.69, 9.17) is 4.74 Å². The lowest BCUT2D eigenvalue weighted by Crippen LogP contribution is -2.46. The molecule has 0 aliphatic carbocycles. The molecule has 0 bridgehead atoms. The summed E-state index contributed by atoms with van der Waals surface area (Å²) in [6, 6.07) is 7.61. The SMILES string of the molecule is CCc1ccc(C(C)(C=O)NC(=O)OC(C)(C)C)cc1. The van der Waals surface area contributed by atoms with Crippen molar-refractivity contribution in [3.8, 4) is 0 Å². The quantitative estimate of drug-likeness (QED) is 0.860. The summed E-state index contributed by atoms with van der Waals surface area (Å²) in [4.78, 5) is 23.2. The monoisotopic (exact) mass is 277 g/mol. The first-order valence-corrected chi connectivity index (χ1v) is 6.77. The van der Waals surface area contributed by atoms with Gasteiger partial charge in [0.15, 0.2) is 0 Å². The number of aryl methyl sites for hydroxylation is 1. The zero-order valence-corrected chi connectivity index (χ0v) is 12.8. The van der Waals surface area contributed by atoms with Gasteiger partial charge in [0.05, 0.1) is 0 Å². The lowest BCUT2D eigenvalue weighted by atomic mass is 9.92. The first-order valence-electron chi connectivity index (χ1n) is 6.77. The predicted octanol–water partition coefficient (Wildman–Crippen LogP) is 3.19. The number of carbonyl (C=O) groups excluding carboxylic acids is 2. The van der Waals surface area contributed by atoms with Crippen LogP contribution in [-0.4, -0.2) is 18.0 Å². The van der Waals surface area contributed by atoms with Gasteiger partial charge in [0, 0.05) is 0 Å². The molecule has 1 unspecified atom stereocenters. The van der Waals surface area contributed by atoms with Gasteiger partial charge in [-0.15, -0.1) is 0 Å². The average Bonchev–Trinajstić information content (AvgIpc) is 2.36. The lowest BCUT2D eigenvalue weighted by molar-refractivity contribution is -0.113. The number of nitrogens with one attached hydrogen (secondary N) is 1. The summed E-state index contributed by atoms with van der Waals surface area (Å²) in [5, 5.41) is 2.62. The molecule has 1 aromatic carbocycles. The molecule has 1 aromatic rings. The third kappa shape index (κ3) is 4.37. The highest BCUT2D eigenvalue weighted by atomic mass is 16.6. The molecule has 1 atom stereocenters. The number of hydrogen-bond donors (Lipinski definition) is 1. The van der Waals surface area contributed by atoms with E-state index in [1.54, 1.807) is 27.7 Å². The van der Waals surface area contributed by atoms with Crippen LogP contribution in [0.2, 0.25) is 0 Å². The van der Waals surface area contributed by atoms with Gasteiger partial charge >= 0.3 is 6.09 Å². The van der Waals surface area contributed by atoms with Crippen LogP contribution in [0, 0.1) is 0 Å². The van der Waals surface area contributed by atoms with Crippen LogP contribution in [0.4, 0.5) is 4.79 Å². The molecule has 1 rings (SSSR count). The van der Waals surface area contributed by atoms with Crippen molar-refractivity contribution < 1.29 is 14.3 Å². The molecule has 0 aliphatic rings. The van der Waals surface area contributed by atoms with Crippen LogP contribution < -0.4 is 5.32 Å². The van der Waals surface area contributed by atoms with Crippen molar-refractivity contribution >= 4 is 12.4 Å². The zero-order chi connectivity index (χ0) is 15.4. The Labute approximate surface area is 120 Å². The van der Waals surface area contributed by atoms with Crippen LogP contribution >= 0.6 is 0 Å². The Morgan fingerprint density at radius 3 is 2.15 bits per heavy atom. The molecule has 4 nitrogen and oxygen atoms in total. The van der Waals surface area contributed by atoms with Crippen molar-refractivity contribution in [1.82, 2.24) is 5.32 Å². The van der Waals surface area contributed by atoms with Gasteiger partial charge in [0.1, 0.15) is 17.4 Å². The average molecular weight is 277 g/mol. The molecular formula is C16H23NO3. The number of alkyl carbamates (subject to hydrolysis) is 1. The highest BCUT2D eigenvalue weighted by Gasteiger charge is 2.30. The fraction of sp³-hybridized carbons (Fsp3) is 0.500. The van der Waals surface area contributed by atoms with Gasteiger partial charge in [-0.1, -0.05) is 31.2 Å². The van der Waals surface area contributed by atoms with Crippen LogP contribution in [0.15, 0.2) is 24.3 Å². The number of hydrogen-bond acceptors (Lipinski definition) is 3. The molecule has 0 fully saturated rings. The van der Waals surface area contributed by atoms with Gasteiger partial charge in [-0.2, -0.15) is 0 Å². The Morgan fingerprint density at radius 2 is 1.75 bits per heavy atom. The second-order valence-corrected chi connectivity index (χ2v) is 6.00. The topological polar surface area (TPSA) is 55.4 Å². The maximum absolute atomic E-state index is 11.8. The Hall–Kier alpha value is -1.84. The molecule has 110 valence electrons. The molecule has 4 heteroatoms. The van der Waals surface area contributed by atoms with Crippen molar-refractivity contribution in [2.24, 2.45) is 0 Å². The van der Waals surface area contributed by atoms with Gasteiger partial charge in [-0.05, 0) is 45.2 Å². The fourth-order valence-corrected chi connectivity index (χ4v) is 1.77. The smallest absolute Gasteiger partial charge is 0.408 e. The Balaban J connectivity index is 2.90. The van der Waals surface area contributed by atoms with E-state index in [9.17, 15) is 9.59 Å². The minimum absolute atomic E-state index is 0.597. The fourth-order valence-electron chi connectivity index (χ4n) is 1.77. The largest absolute Gasteiger partial charge is 0.444 e. The molecule has 0 saturated carbocycles. The predicted molar refractivity (Wildman–Crippen MR) is 78.6 cm³/mol. The summed E-state index contributed by atoms with van der Waals surface area (Å²) >= 11 is 0. The number of carbonyl (C=O) groups is 2. The maximum atomic E-state index is 11.8. The van der Waals surface area contributed by atoms with Crippen molar-refractivity contribution in [2.75, 3.05) is 0 Å². The molecule has 0 aromatic heterocycles. The summed E-state index contributed by atoms with van der Waals surface area (Å²) in [6.07, 6.45) is 1.04. The summed E-state index contributed by atoms with van der Waals surface area (Å²) in [7, 11) is 0. The Morgan fingerprint density at radius 1 is 1.20 bits per heavy atom. The van der Waals surface area contributed by atoms with E-state index in [0.717, 1.165) is 18.3 Å². The van der Waals surface area contributed by atoms with Crippen molar-refractivity contribution in [1.29, 1.82) is 0 Å². The highest BCUT2D eigenvalue weighted by molar-refractivity contribution is 5.77. The first kappa shape index (κ1) is 16.2. The Kier molecular flexibility index (Phi) is 4.93. The van der Waals surface area contributed by atoms with E-state index in [2.05, 4.69) is 12.2 Å². The normalized spacial score (nSPS) is 14.2. The number of rotatable bonds is 4. The highest BCUT2D eigenvalue weighted by Crippen LogP contribution is 2.20. The van der Waals surface area contributed by atoms with Crippen LogP contribution in [0.25, 0.3) is 0 Å². The number of ether oxygens (including phenoxy) is 1. The second kappa shape index (κ2) is 6.07. The van der Waals surface area contributed by atoms with E-state index >= 15 is 0 Å². The van der Waals surface area contributed by atoms with Crippen molar-refractivity contribution in [3.05, 3.63) is 35.4 Å². The third-order valence-electron chi connectivity index (χ3n) is 2.96. The van der Waals surface area contributed by atoms with Crippen LogP contribution in [-0.2, 0) is 21.5 Å². The third-order valence-corrected chi connectivity index (χ3v) is 2.96. The number of aldehydes is 1. The van der Waals surface area contributed by atoms with Gasteiger partial charge in [-0.3, -0.25) is 0 Å². The summed E-state index contributed by atoms with van der Waals surface area (Å²) in [5.74, 6) is 0.